The number of fused-ring (bicyclic) bond motifs is 1. The maximum atomic E-state index is 12.4. The van der Waals surface area contributed by atoms with Gasteiger partial charge in [0, 0.05) is 18.3 Å². The van der Waals surface area contributed by atoms with Crippen molar-refractivity contribution in [2.24, 2.45) is 0 Å². The summed E-state index contributed by atoms with van der Waals surface area (Å²) in [6.07, 6.45) is 0. The molecule has 2 aromatic heterocycles. The van der Waals surface area contributed by atoms with E-state index in [1.807, 2.05) is 54.6 Å². The maximum absolute atomic E-state index is 12.4. The molecule has 0 atom stereocenters. The topological polar surface area (TPSA) is 96.3 Å². The van der Waals surface area contributed by atoms with E-state index in [0.29, 0.717) is 30.5 Å². The predicted octanol–water partition coefficient (Wildman–Crippen LogP) is 2.65. The van der Waals surface area contributed by atoms with Gasteiger partial charge in [0.1, 0.15) is 5.75 Å². The Morgan fingerprint density at radius 1 is 1.00 bits per heavy atom. The third kappa shape index (κ3) is 3.96. The number of methoxy groups -OCH3 is 1. The number of H-pyrrole nitrogens is 1. The molecule has 0 radical (unpaired) electrons. The number of rotatable bonds is 7. The summed E-state index contributed by atoms with van der Waals surface area (Å²) in [4.78, 5) is 21.2. The van der Waals surface area contributed by atoms with Crippen LogP contribution in [0.15, 0.2) is 65.5 Å². The Balaban J connectivity index is 1.47. The molecule has 3 N–H and O–H groups in total. The second kappa shape index (κ2) is 7.83. The van der Waals surface area contributed by atoms with Gasteiger partial charge in [-0.3, -0.25) is 9.89 Å². The summed E-state index contributed by atoms with van der Waals surface area (Å²) in [5, 5.41) is 9.34. The molecular formula is C20H20N6O2. The number of benzene rings is 2. The average Bonchev–Trinajstić information content (AvgIpc) is 3.15. The number of ether oxygens (including phenoxy) is 1. The molecule has 28 heavy (non-hydrogen) atoms. The van der Waals surface area contributed by atoms with E-state index in [0.717, 1.165) is 17.0 Å². The van der Waals surface area contributed by atoms with Gasteiger partial charge in [0.2, 0.25) is 5.95 Å². The molecule has 0 bridgehead atoms. The minimum absolute atomic E-state index is 0.211. The van der Waals surface area contributed by atoms with E-state index in [1.165, 1.54) is 10.6 Å². The summed E-state index contributed by atoms with van der Waals surface area (Å²) in [5.74, 6) is 1.61. The number of aromatic amines is 1. The van der Waals surface area contributed by atoms with Gasteiger partial charge in [-0.25, -0.2) is 4.98 Å². The predicted molar refractivity (Wildman–Crippen MR) is 108 cm³/mol. The van der Waals surface area contributed by atoms with Crippen LogP contribution in [0.4, 0.5) is 11.6 Å². The van der Waals surface area contributed by atoms with Gasteiger partial charge in [-0.2, -0.15) is 9.50 Å². The average molecular weight is 376 g/mol. The lowest BCUT2D eigenvalue weighted by Crippen LogP contribution is -2.17. The SMILES string of the molecule is COc1ccc(NCc2cc(=O)n3[nH]c(NCc4ccccc4)nc3n2)cc1. The fourth-order valence-corrected chi connectivity index (χ4v) is 2.78. The Morgan fingerprint density at radius 3 is 2.54 bits per heavy atom. The molecule has 0 amide bonds. The van der Waals surface area contributed by atoms with Crippen LogP contribution in [0.3, 0.4) is 0 Å². The zero-order valence-corrected chi connectivity index (χ0v) is 15.3. The van der Waals surface area contributed by atoms with Gasteiger partial charge >= 0.3 is 0 Å². The summed E-state index contributed by atoms with van der Waals surface area (Å²) in [6, 6.07) is 19.0. The molecule has 0 fully saturated rings. The zero-order chi connectivity index (χ0) is 19.3. The minimum atomic E-state index is -0.211. The lowest BCUT2D eigenvalue weighted by Gasteiger charge is -2.06. The second-order valence-electron chi connectivity index (χ2n) is 6.21. The highest BCUT2D eigenvalue weighted by molar-refractivity contribution is 5.47. The molecule has 142 valence electrons. The molecule has 0 saturated heterocycles. The molecule has 0 aliphatic carbocycles. The third-order valence-corrected chi connectivity index (χ3v) is 4.25. The highest BCUT2D eigenvalue weighted by atomic mass is 16.5. The van der Waals surface area contributed by atoms with Gasteiger partial charge in [-0.1, -0.05) is 30.3 Å². The molecule has 8 nitrogen and oxygen atoms in total. The molecular weight excluding hydrogens is 356 g/mol. The number of aromatic nitrogens is 4. The van der Waals surface area contributed by atoms with E-state index >= 15 is 0 Å². The molecule has 2 heterocycles. The normalized spacial score (nSPS) is 10.8. The van der Waals surface area contributed by atoms with Gasteiger partial charge in [-0.05, 0) is 29.8 Å². The Morgan fingerprint density at radius 2 is 1.79 bits per heavy atom. The summed E-state index contributed by atoms with van der Waals surface area (Å²) in [7, 11) is 1.63. The summed E-state index contributed by atoms with van der Waals surface area (Å²) < 4.78 is 6.47. The molecule has 0 spiro atoms. The summed E-state index contributed by atoms with van der Waals surface area (Å²) in [5.41, 5.74) is 2.43. The first-order valence-corrected chi connectivity index (χ1v) is 8.86. The van der Waals surface area contributed by atoms with Gasteiger partial charge in [-0.15, -0.1) is 0 Å². The van der Waals surface area contributed by atoms with E-state index in [4.69, 9.17) is 4.74 Å². The van der Waals surface area contributed by atoms with E-state index < -0.39 is 0 Å². The molecule has 0 saturated carbocycles. The van der Waals surface area contributed by atoms with Crippen LogP contribution in [0.5, 0.6) is 5.75 Å². The Labute approximate surface area is 161 Å². The highest BCUT2D eigenvalue weighted by Gasteiger charge is 2.08. The third-order valence-electron chi connectivity index (χ3n) is 4.25. The van der Waals surface area contributed by atoms with Crippen LogP contribution in [-0.4, -0.2) is 26.7 Å². The first-order chi connectivity index (χ1) is 13.7. The van der Waals surface area contributed by atoms with Crippen LogP contribution >= 0.6 is 0 Å². The molecule has 2 aromatic carbocycles. The molecule has 8 heteroatoms. The standard InChI is InChI=1S/C20H20N6O2/c1-28-17-9-7-15(8-10-17)21-13-16-11-18(27)26-20(23-16)24-19(25-26)22-12-14-5-3-2-4-6-14/h2-11,21H,12-13H2,1H3,(H2,22,23,24,25). The largest absolute Gasteiger partial charge is 0.497 e. The Kier molecular flexibility index (Phi) is 4.92. The lowest BCUT2D eigenvalue weighted by molar-refractivity contribution is 0.415. The van der Waals surface area contributed by atoms with Crippen molar-refractivity contribution >= 4 is 17.4 Å². The van der Waals surface area contributed by atoms with Crippen LogP contribution < -0.4 is 20.9 Å². The van der Waals surface area contributed by atoms with E-state index in [9.17, 15) is 4.79 Å². The van der Waals surface area contributed by atoms with Crippen LogP contribution in [0.1, 0.15) is 11.3 Å². The van der Waals surface area contributed by atoms with Crippen molar-refractivity contribution in [2.45, 2.75) is 13.1 Å². The quantitative estimate of drug-likeness (QED) is 0.459. The summed E-state index contributed by atoms with van der Waals surface area (Å²) >= 11 is 0. The van der Waals surface area contributed by atoms with Crippen LogP contribution in [-0.2, 0) is 13.1 Å². The molecule has 4 aromatic rings. The second-order valence-corrected chi connectivity index (χ2v) is 6.21. The fourth-order valence-electron chi connectivity index (χ4n) is 2.78. The maximum Gasteiger partial charge on any atom is 0.274 e. The summed E-state index contributed by atoms with van der Waals surface area (Å²) in [6.45, 7) is 1.01. The number of hydrogen-bond donors (Lipinski definition) is 3. The molecule has 0 aliphatic heterocycles. The van der Waals surface area contributed by atoms with Crippen molar-refractivity contribution in [2.75, 3.05) is 17.7 Å². The monoisotopic (exact) mass is 376 g/mol. The number of nitrogens with zero attached hydrogens (tertiary/aromatic N) is 3. The van der Waals surface area contributed by atoms with Crippen molar-refractivity contribution < 1.29 is 4.74 Å². The van der Waals surface area contributed by atoms with Crippen molar-refractivity contribution in [3.05, 3.63) is 82.3 Å². The van der Waals surface area contributed by atoms with Crippen LogP contribution in [0.25, 0.3) is 5.78 Å². The minimum Gasteiger partial charge on any atom is -0.497 e. The van der Waals surface area contributed by atoms with Gasteiger partial charge in [0.15, 0.2) is 0 Å². The Hall–Kier alpha value is -3.81. The molecule has 4 rings (SSSR count). The van der Waals surface area contributed by atoms with Crippen molar-refractivity contribution in [3.8, 4) is 5.75 Å². The number of anilines is 2. The van der Waals surface area contributed by atoms with E-state index in [1.54, 1.807) is 7.11 Å². The smallest absolute Gasteiger partial charge is 0.274 e. The molecule has 0 aliphatic rings. The molecule has 0 unspecified atom stereocenters. The first kappa shape index (κ1) is 17.6. The van der Waals surface area contributed by atoms with E-state index in [2.05, 4.69) is 25.7 Å². The van der Waals surface area contributed by atoms with Gasteiger partial charge < -0.3 is 15.4 Å². The van der Waals surface area contributed by atoms with Gasteiger partial charge in [0.05, 0.1) is 19.3 Å². The Bertz CT molecular complexity index is 1120. The van der Waals surface area contributed by atoms with Crippen molar-refractivity contribution in [3.63, 3.8) is 0 Å². The number of nitrogens with one attached hydrogen (secondary N) is 3. The van der Waals surface area contributed by atoms with Gasteiger partial charge in [0.25, 0.3) is 11.3 Å². The van der Waals surface area contributed by atoms with Crippen LogP contribution in [0.2, 0.25) is 0 Å². The number of hydrogen-bond acceptors (Lipinski definition) is 6. The zero-order valence-electron chi connectivity index (χ0n) is 15.3. The highest BCUT2D eigenvalue weighted by Crippen LogP contribution is 2.15. The van der Waals surface area contributed by atoms with Crippen molar-refractivity contribution in [1.82, 2.24) is 19.6 Å². The fraction of sp³-hybridized carbons (Fsp3) is 0.150. The van der Waals surface area contributed by atoms with Crippen molar-refractivity contribution in [1.29, 1.82) is 0 Å². The first-order valence-electron chi connectivity index (χ1n) is 8.86. The van der Waals surface area contributed by atoms with Crippen LogP contribution in [0, 0.1) is 0 Å². The lowest BCUT2D eigenvalue weighted by atomic mass is 10.2. The van der Waals surface area contributed by atoms with E-state index in [-0.39, 0.29) is 5.56 Å².